The molecule has 4 nitrogen and oxygen atoms in total. The Hall–Kier alpha value is -1.58. The van der Waals surface area contributed by atoms with Crippen molar-refractivity contribution in [3.63, 3.8) is 0 Å². The van der Waals surface area contributed by atoms with Gasteiger partial charge in [-0.05, 0) is 13.8 Å². The van der Waals surface area contributed by atoms with Crippen molar-refractivity contribution in [3.8, 4) is 0 Å². The third-order valence-electron chi connectivity index (χ3n) is 0.730. The average molecular weight is 174 g/mol. The molecule has 12 heavy (non-hydrogen) atoms. The molecular weight excluding hydrogens is 160 g/mol. The van der Waals surface area contributed by atoms with Crippen molar-refractivity contribution < 1.29 is 21.2 Å². The zero-order valence-corrected chi connectivity index (χ0v) is 7.13. The molecule has 0 bridgehead atoms. The Morgan fingerprint density at radius 1 is 1.00 bits per heavy atom. The lowest BCUT2D eigenvalue weighted by Gasteiger charge is -1.79. The molecule has 0 fully saturated rings. The average Bonchev–Trinajstić information content (AvgIpc) is 1.88. The fourth-order valence-electron chi connectivity index (χ4n) is 0. The summed E-state index contributed by atoms with van der Waals surface area (Å²) in [5, 5.41) is 15.8. The summed E-state index contributed by atoms with van der Waals surface area (Å²) in [6.45, 7) is 9.20. The third-order valence-corrected chi connectivity index (χ3v) is 0.730. The van der Waals surface area contributed by atoms with Crippen LogP contribution in [0.1, 0.15) is 15.3 Å². The van der Waals surface area contributed by atoms with E-state index in [0.29, 0.717) is 0 Å². The highest BCUT2D eigenvalue weighted by molar-refractivity contribution is 5.85. The summed E-state index contributed by atoms with van der Waals surface area (Å²) >= 11 is 0. The fraction of sp³-hybridized carbons (Fsp3) is 0.250. The lowest BCUT2D eigenvalue weighted by Crippen LogP contribution is -1.92. The second-order valence-electron chi connectivity index (χ2n) is 2.17. The van der Waals surface area contributed by atoms with Crippen molar-refractivity contribution in [3.05, 3.63) is 24.3 Å². The van der Waals surface area contributed by atoms with Gasteiger partial charge in [0.2, 0.25) is 0 Å². The molecule has 4 heteroatoms. The summed E-state index contributed by atoms with van der Waals surface area (Å²) in [7, 11) is 0. The number of hydrogen-bond acceptors (Lipinski definition) is 2. The van der Waals surface area contributed by atoms with E-state index in [0.717, 1.165) is 0 Å². The number of hydrogen-bond donors (Lipinski definition) is 2. The predicted octanol–water partition coefficient (Wildman–Crippen LogP) is 1.41. The lowest BCUT2D eigenvalue weighted by molar-refractivity contribution is -0.133. The van der Waals surface area contributed by atoms with E-state index in [4.69, 9.17) is 10.2 Å². The Bertz CT molecular complexity index is 172. The van der Waals surface area contributed by atoms with Crippen LogP contribution in [0.15, 0.2) is 24.3 Å². The van der Waals surface area contributed by atoms with Crippen LogP contribution < -0.4 is 0 Å². The van der Waals surface area contributed by atoms with Crippen LogP contribution in [0.4, 0.5) is 0 Å². The SMILES string of the molecule is C=C(C)C(=O)O.C=C(C)C(=O)O.[2H]. The Labute approximate surface area is 72.3 Å². The van der Waals surface area contributed by atoms with Crippen molar-refractivity contribution in [2.45, 2.75) is 13.8 Å². The zero-order chi connectivity index (χ0) is 10.3. The van der Waals surface area contributed by atoms with E-state index >= 15 is 0 Å². The number of carbonyl (C=O) groups is 2. The molecule has 0 rings (SSSR count). The first-order valence-electron chi connectivity index (χ1n) is 3.06. The largest absolute Gasteiger partial charge is 0.478 e. The van der Waals surface area contributed by atoms with Gasteiger partial charge in [-0.1, -0.05) is 13.2 Å². The highest BCUT2D eigenvalue weighted by Crippen LogP contribution is 1.81. The highest BCUT2D eigenvalue weighted by atomic mass is 16.4. The number of carboxylic acid groups (broad SMARTS) is 2. The van der Waals surface area contributed by atoms with Gasteiger partial charge in [-0.15, -0.1) is 0 Å². The van der Waals surface area contributed by atoms with Crippen LogP contribution in [0, 0.1) is 0 Å². The van der Waals surface area contributed by atoms with Crippen LogP contribution in [0.5, 0.6) is 0 Å². The maximum Gasteiger partial charge on any atom is 0.330 e. The molecule has 0 unspecified atom stereocenters. The third kappa shape index (κ3) is 11.2. The van der Waals surface area contributed by atoms with Gasteiger partial charge in [-0.2, -0.15) is 0 Å². The Balaban J connectivity index is -0.000000143. The van der Waals surface area contributed by atoms with E-state index in [9.17, 15) is 9.59 Å². The summed E-state index contributed by atoms with van der Waals surface area (Å²) in [4.78, 5) is 19.2. The molecule has 0 aliphatic heterocycles. The zero-order valence-electron chi connectivity index (χ0n) is 8.13. The second kappa shape index (κ2) is 6.15. The maximum atomic E-state index is 9.60. The molecular formula is C8H13O4. The number of rotatable bonds is 2. The Morgan fingerprint density at radius 3 is 1.08 bits per heavy atom. The van der Waals surface area contributed by atoms with Crippen molar-refractivity contribution in [1.82, 2.24) is 0 Å². The van der Waals surface area contributed by atoms with Crippen molar-refractivity contribution in [2.24, 2.45) is 0 Å². The molecule has 0 aromatic rings. The van der Waals surface area contributed by atoms with Crippen molar-refractivity contribution in [2.75, 3.05) is 0 Å². The quantitative estimate of drug-likeness (QED) is 0.620. The number of carboxylic acids is 2. The van der Waals surface area contributed by atoms with Crippen LogP contribution in [0.2, 0.25) is 0 Å². The summed E-state index contributed by atoms with van der Waals surface area (Å²) < 4.78 is 0. The topological polar surface area (TPSA) is 74.6 Å². The van der Waals surface area contributed by atoms with Gasteiger partial charge in [0.15, 0.2) is 0 Å². The van der Waals surface area contributed by atoms with E-state index in [1.165, 1.54) is 13.8 Å². The molecule has 0 heterocycles. The van der Waals surface area contributed by atoms with Gasteiger partial charge in [-0.3, -0.25) is 0 Å². The van der Waals surface area contributed by atoms with Crippen LogP contribution >= 0.6 is 0 Å². The van der Waals surface area contributed by atoms with Gasteiger partial charge in [-0.25, -0.2) is 9.59 Å². The highest BCUT2D eigenvalue weighted by Gasteiger charge is 1.90. The van der Waals surface area contributed by atoms with Crippen LogP contribution in [-0.4, -0.2) is 22.2 Å². The maximum absolute atomic E-state index is 9.60. The predicted molar refractivity (Wildman–Crippen MR) is 46.0 cm³/mol. The molecule has 2 N–H and O–H groups in total. The van der Waals surface area contributed by atoms with E-state index in [-0.39, 0.29) is 12.6 Å². The lowest BCUT2D eigenvalue weighted by atomic mass is 10.4. The molecule has 0 saturated carbocycles. The van der Waals surface area contributed by atoms with E-state index in [1.54, 1.807) is 0 Å². The minimum Gasteiger partial charge on any atom is -0.478 e. The molecule has 0 saturated heterocycles. The monoisotopic (exact) mass is 174 g/mol. The minimum atomic E-state index is -0.935. The number of aliphatic carboxylic acids is 2. The molecule has 0 aliphatic rings. The molecule has 0 aliphatic carbocycles. The van der Waals surface area contributed by atoms with Gasteiger partial charge < -0.3 is 10.2 Å². The van der Waals surface area contributed by atoms with Gasteiger partial charge in [0, 0.05) is 12.6 Å². The molecule has 1 radical (unpaired) electrons. The summed E-state index contributed by atoms with van der Waals surface area (Å²) in [6, 6.07) is 0. The first-order chi connectivity index (χ1) is 5.29. The second-order valence-corrected chi connectivity index (χ2v) is 2.17. The smallest absolute Gasteiger partial charge is 0.330 e. The van der Waals surface area contributed by atoms with Gasteiger partial charge in [0.1, 0.15) is 0 Å². The minimum absolute atomic E-state index is 0. The van der Waals surface area contributed by atoms with Gasteiger partial charge >= 0.3 is 11.9 Å². The molecule has 0 amide bonds. The van der Waals surface area contributed by atoms with E-state index in [1.807, 2.05) is 0 Å². The van der Waals surface area contributed by atoms with Crippen LogP contribution in [0.25, 0.3) is 0 Å². The van der Waals surface area contributed by atoms with Crippen LogP contribution in [-0.2, 0) is 9.59 Å². The van der Waals surface area contributed by atoms with E-state index < -0.39 is 11.9 Å². The van der Waals surface area contributed by atoms with Crippen molar-refractivity contribution in [1.29, 1.82) is 0 Å². The molecule has 0 spiro atoms. The Kier molecular flexibility index (Phi) is 6.69. The molecule has 0 aromatic carbocycles. The summed E-state index contributed by atoms with van der Waals surface area (Å²) in [6.07, 6.45) is 0. The molecule has 0 atom stereocenters. The molecule has 0 aromatic heterocycles. The first kappa shape index (κ1) is 13.0. The fourth-order valence-corrected chi connectivity index (χ4v) is 0. The summed E-state index contributed by atoms with van der Waals surface area (Å²) in [5.74, 6) is -1.87. The normalized spacial score (nSPS) is 7.50. The van der Waals surface area contributed by atoms with E-state index in [2.05, 4.69) is 13.2 Å². The Morgan fingerprint density at radius 2 is 1.08 bits per heavy atom. The standard InChI is InChI=1S/2C4H6O2.H/c2*1-3(2)4(5)6;/h2*1H2,2H3,(H,5,6);/i;;1+1. The van der Waals surface area contributed by atoms with Crippen LogP contribution in [0.3, 0.4) is 0 Å². The van der Waals surface area contributed by atoms with Gasteiger partial charge in [0.25, 0.3) is 0 Å². The van der Waals surface area contributed by atoms with Crippen molar-refractivity contribution >= 4 is 11.9 Å². The molecule has 69 valence electrons. The summed E-state index contributed by atoms with van der Waals surface area (Å²) in [5.41, 5.74) is 0.352. The van der Waals surface area contributed by atoms with Gasteiger partial charge in [0.05, 0.1) is 0 Å². The first-order valence-corrected chi connectivity index (χ1v) is 3.06.